The summed E-state index contributed by atoms with van der Waals surface area (Å²) in [5, 5.41) is 8.36. The summed E-state index contributed by atoms with van der Waals surface area (Å²) in [6.07, 6.45) is 2.94. The van der Waals surface area contributed by atoms with E-state index in [-0.39, 0.29) is 24.6 Å². The first-order valence-electron chi connectivity index (χ1n) is 3.20. The van der Waals surface area contributed by atoms with Crippen LogP contribution in [0.25, 0.3) is 0 Å². The van der Waals surface area contributed by atoms with Gasteiger partial charge in [-0.15, -0.1) is 0 Å². The summed E-state index contributed by atoms with van der Waals surface area (Å²) >= 11 is 0. The van der Waals surface area contributed by atoms with Crippen molar-refractivity contribution in [3.63, 3.8) is 0 Å². The van der Waals surface area contributed by atoms with E-state index < -0.39 is 0 Å². The van der Waals surface area contributed by atoms with E-state index in [1.54, 1.807) is 13.0 Å². The van der Waals surface area contributed by atoms with E-state index in [1.807, 2.05) is 0 Å². The average molecular weight is 142 g/mol. The number of aliphatic hydroxyl groups excluding tert-OH is 1. The van der Waals surface area contributed by atoms with E-state index in [1.165, 1.54) is 6.08 Å². The summed E-state index contributed by atoms with van der Waals surface area (Å²) in [5.41, 5.74) is 0. The second-order valence-corrected chi connectivity index (χ2v) is 2.31. The van der Waals surface area contributed by atoms with Gasteiger partial charge < -0.3 is 9.84 Å². The summed E-state index contributed by atoms with van der Waals surface area (Å²) in [7, 11) is 0. The third-order valence-corrected chi connectivity index (χ3v) is 1.66. The highest BCUT2D eigenvalue weighted by atomic mass is 16.6. The molecule has 1 N–H and O–H groups in total. The van der Waals surface area contributed by atoms with Crippen LogP contribution >= 0.6 is 0 Å². The van der Waals surface area contributed by atoms with Gasteiger partial charge in [-0.3, -0.25) is 4.79 Å². The molecule has 2 atom stereocenters. The van der Waals surface area contributed by atoms with Gasteiger partial charge in [-0.05, 0) is 6.08 Å². The number of ether oxygens (including phenoxy) is 1. The SMILES string of the molecule is C[C@@H]1C(=O)C=C[C@H]1OCO. The number of hydrogen-bond acceptors (Lipinski definition) is 3. The van der Waals surface area contributed by atoms with Gasteiger partial charge in [-0.1, -0.05) is 13.0 Å². The first-order chi connectivity index (χ1) is 4.75. The van der Waals surface area contributed by atoms with Gasteiger partial charge >= 0.3 is 0 Å². The fraction of sp³-hybridized carbons (Fsp3) is 0.571. The second-order valence-electron chi connectivity index (χ2n) is 2.31. The maximum Gasteiger partial charge on any atom is 0.161 e. The van der Waals surface area contributed by atoms with Crippen molar-refractivity contribution >= 4 is 5.78 Å². The fourth-order valence-corrected chi connectivity index (χ4v) is 0.956. The zero-order valence-corrected chi connectivity index (χ0v) is 5.78. The summed E-state index contributed by atoms with van der Waals surface area (Å²) in [5.74, 6) is -0.0643. The zero-order valence-electron chi connectivity index (χ0n) is 5.78. The molecule has 0 amide bonds. The third kappa shape index (κ3) is 1.25. The largest absolute Gasteiger partial charge is 0.371 e. The molecule has 0 saturated heterocycles. The number of rotatable bonds is 2. The van der Waals surface area contributed by atoms with Crippen LogP contribution in [0.15, 0.2) is 12.2 Å². The van der Waals surface area contributed by atoms with Gasteiger partial charge in [0, 0.05) is 5.92 Å². The van der Waals surface area contributed by atoms with Crippen LogP contribution in [0.5, 0.6) is 0 Å². The van der Waals surface area contributed by atoms with Gasteiger partial charge in [0.1, 0.15) is 6.79 Å². The quantitative estimate of drug-likeness (QED) is 0.556. The minimum absolute atomic E-state index is 0.0680. The van der Waals surface area contributed by atoms with Crippen molar-refractivity contribution in [2.24, 2.45) is 5.92 Å². The highest BCUT2D eigenvalue weighted by Crippen LogP contribution is 2.16. The van der Waals surface area contributed by atoms with Gasteiger partial charge in [-0.25, -0.2) is 0 Å². The number of aliphatic hydroxyl groups is 1. The van der Waals surface area contributed by atoms with Crippen LogP contribution in [0.1, 0.15) is 6.92 Å². The third-order valence-electron chi connectivity index (χ3n) is 1.66. The fourth-order valence-electron chi connectivity index (χ4n) is 0.956. The van der Waals surface area contributed by atoms with E-state index in [4.69, 9.17) is 9.84 Å². The molecule has 0 radical (unpaired) electrons. The van der Waals surface area contributed by atoms with Crippen LogP contribution < -0.4 is 0 Å². The van der Waals surface area contributed by atoms with Gasteiger partial charge in [0.25, 0.3) is 0 Å². The Labute approximate surface area is 59.3 Å². The molecule has 1 aliphatic rings. The second kappa shape index (κ2) is 2.94. The molecule has 0 unspecified atom stereocenters. The lowest BCUT2D eigenvalue weighted by Gasteiger charge is -2.11. The van der Waals surface area contributed by atoms with Crippen LogP contribution in [0, 0.1) is 5.92 Å². The molecule has 3 heteroatoms. The summed E-state index contributed by atoms with van der Waals surface area (Å²) in [6.45, 7) is 1.45. The van der Waals surface area contributed by atoms with Crippen molar-refractivity contribution < 1.29 is 14.6 Å². The van der Waals surface area contributed by atoms with Crippen molar-refractivity contribution in [1.82, 2.24) is 0 Å². The molecule has 0 aromatic carbocycles. The summed E-state index contributed by atoms with van der Waals surface area (Å²) < 4.78 is 4.83. The maximum absolute atomic E-state index is 10.8. The molecule has 0 heterocycles. The normalized spacial score (nSPS) is 31.6. The van der Waals surface area contributed by atoms with Crippen molar-refractivity contribution in [3.05, 3.63) is 12.2 Å². The van der Waals surface area contributed by atoms with Crippen LogP contribution in [0.2, 0.25) is 0 Å². The Balaban J connectivity index is 2.49. The number of carbonyl (C=O) groups excluding carboxylic acids is 1. The molecule has 0 aromatic heterocycles. The Kier molecular flexibility index (Phi) is 2.19. The topological polar surface area (TPSA) is 46.5 Å². The highest BCUT2D eigenvalue weighted by molar-refractivity contribution is 5.94. The predicted octanol–water partition coefficient (Wildman–Crippen LogP) is 0.0964. The Morgan fingerprint density at radius 3 is 2.90 bits per heavy atom. The number of allylic oxidation sites excluding steroid dienone is 1. The minimum atomic E-state index is -0.327. The molecule has 1 aliphatic carbocycles. The average Bonchev–Trinajstić information content (AvgIpc) is 2.20. The Bertz CT molecular complexity index is 162. The Morgan fingerprint density at radius 1 is 1.80 bits per heavy atom. The Hall–Kier alpha value is -0.670. The van der Waals surface area contributed by atoms with Crippen LogP contribution in [0.4, 0.5) is 0 Å². The number of carbonyl (C=O) groups is 1. The zero-order chi connectivity index (χ0) is 7.56. The first kappa shape index (κ1) is 7.44. The molecule has 56 valence electrons. The smallest absolute Gasteiger partial charge is 0.161 e. The molecule has 0 fully saturated rings. The predicted molar refractivity (Wildman–Crippen MR) is 35.3 cm³/mol. The molecular formula is C7H10O3. The molecule has 1 rings (SSSR count). The first-order valence-corrected chi connectivity index (χ1v) is 3.20. The molecule has 3 nitrogen and oxygen atoms in total. The lowest BCUT2D eigenvalue weighted by Crippen LogP contribution is -2.20. The monoisotopic (exact) mass is 142 g/mol. The van der Waals surface area contributed by atoms with E-state index in [0.29, 0.717) is 0 Å². The van der Waals surface area contributed by atoms with Crippen molar-refractivity contribution in [2.75, 3.05) is 6.79 Å². The summed E-state index contributed by atoms with van der Waals surface area (Å²) in [6, 6.07) is 0. The maximum atomic E-state index is 10.8. The van der Waals surface area contributed by atoms with Gasteiger partial charge in [0.05, 0.1) is 6.10 Å². The van der Waals surface area contributed by atoms with Gasteiger partial charge in [-0.2, -0.15) is 0 Å². The van der Waals surface area contributed by atoms with Crippen molar-refractivity contribution in [3.8, 4) is 0 Å². The standard InChI is InChI=1S/C7H10O3/c1-5-6(9)2-3-7(5)10-4-8/h2-3,5,7-8H,4H2,1H3/t5-,7-/m1/s1. The van der Waals surface area contributed by atoms with Gasteiger partial charge in [0.15, 0.2) is 5.78 Å². The Morgan fingerprint density at radius 2 is 2.50 bits per heavy atom. The molecule has 0 saturated carbocycles. The van der Waals surface area contributed by atoms with Crippen LogP contribution in [0.3, 0.4) is 0 Å². The highest BCUT2D eigenvalue weighted by Gasteiger charge is 2.25. The van der Waals surface area contributed by atoms with E-state index in [9.17, 15) is 4.79 Å². The molecule has 0 aliphatic heterocycles. The van der Waals surface area contributed by atoms with E-state index in [2.05, 4.69) is 0 Å². The molecular weight excluding hydrogens is 132 g/mol. The van der Waals surface area contributed by atoms with Crippen LogP contribution in [-0.2, 0) is 9.53 Å². The van der Waals surface area contributed by atoms with Crippen LogP contribution in [-0.4, -0.2) is 23.8 Å². The lowest BCUT2D eigenvalue weighted by atomic mass is 10.1. The minimum Gasteiger partial charge on any atom is -0.371 e. The van der Waals surface area contributed by atoms with E-state index in [0.717, 1.165) is 0 Å². The molecule has 0 spiro atoms. The molecule has 0 aromatic rings. The lowest BCUT2D eigenvalue weighted by molar-refractivity contribution is -0.121. The van der Waals surface area contributed by atoms with Gasteiger partial charge in [0.2, 0.25) is 0 Å². The number of ketones is 1. The number of hydrogen-bond donors (Lipinski definition) is 1. The molecule has 0 bridgehead atoms. The molecule has 10 heavy (non-hydrogen) atoms. The van der Waals surface area contributed by atoms with Crippen molar-refractivity contribution in [1.29, 1.82) is 0 Å². The van der Waals surface area contributed by atoms with Crippen molar-refractivity contribution in [2.45, 2.75) is 13.0 Å². The summed E-state index contributed by atoms with van der Waals surface area (Å²) in [4.78, 5) is 10.8. The van der Waals surface area contributed by atoms with E-state index >= 15 is 0 Å².